The van der Waals surface area contributed by atoms with E-state index in [-0.39, 0.29) is 16.9 Å². The fourth-order valence-corrected chi connectivity index (χ4v) is 1.44. The molecular weight excluding hydrogens is 218 g/mol. The second-order valence-electron chi connectivity index (χ2n) is 4.19. The normalized spacial score (nSPS) is 10.5. The summed E-state index contributed by atoms with van der Waals surface area (Å²) in [5.41, 5.74) is -0.0883. The van der Waals surface area contributed by atoms with Crippen molar-refractivity contribution in [3.8, 4) is 0 Å². The van der Waals surface area contributed by atoms with E-state index in [1.54, 1.807) is 0 Å². The van der Waals surface area contributed by atoms with Crippen LogP contribution < -0.4 is 10.7 Å². The number of hydrogen-bond acceptors (Lipinski definition) is 3. The predicted octanol–water partition coefficient (Wildman–Crippen LogP) is 0.446. The largest absolute Gasteiger partial charge is 0.367 e. The molecular formula is C12H19N3O2. The zero-order valence-corrected chi connectivity index (χ0v) is 10.3. The first-order valence-electron chi connectivity index (χ1n) is 5.71. The predicted molar refractivity (Wildman–Crippen MR) is 67.2 cm³/mol. The molecule has 0 spiro atoms. The van der Waals surface area contributed by atoms with Crippen LogP contribution in [-0.2, 0) is 0 Å². The highest BCUT2D eigenvalue weighted by Crippen LogP contribution is 1.91. The van der Waals surface area contributed by atoms with Crippen molar-refractivity contribution in [3.05, 3.63) is 34.2 Å². The van der Waals surface area contributed by atoms with Gasteiger partial charge in [-0.2, -0.15) is 0 Å². The van der Waals surface area contributed by atoms with Crippen LogP contribution in [0.15, 0.2) is 23.3 Å². The Morgan fingerprint density at radius 3 is 2.82 bits per heavy atom. The zero-order valence-electron chi connectivity index (χ0n) is 10.3. The molecule has 0 aliphatic rings. The Morgan fingerprint density at radius 1 is 1.41 bits per heavy atom. The van der Waals surface area contributed by atoms with Gasteiger partial charge in [-0.05, 0) is 33.5 Å². The van der Waals surface area contributed by atoms with E-state index in [9.17, 15) is 9.59 Å². The van der Waals surface area contributed by atoms with Crippen molar-refractivity contribution in [2.24, 2.45) is 0 Å². The van der Waals surface area contributed by atoms with Crippen LogP contribution in [0.4, 0.5) is 0 Å². The Labute approximate surface area is 101 Å². The number of amides is 1. The molecule has 0 aliphatic heterocycles. The van der Waals surface area contributed by atoms with E-state index in [0.29, 0.717) is 6.54 Å². The molecule has 1 amide bonds. The van der Waals surface area contributed by atoms with Crippen LogP contribution >= 0.6 is 0 Å². The van der Waals surface area contributed by atoms with Gasteiger partial charge in [-0.15, -0.1) is 0 Å². The number of H-pyrrole nitrogens is 1. The third-order valence-electron chi connectivity index (χ3n) is 2.39. The van der Waals surface area contributed by atoms with Gasteiger partial charge in [0.25, 0.3) is 5.91 Å². The molecule has 0 saturated heterocycles. The summed E-state index contributed by atoms with van der Waals surface area (Å²) in [5, 5.41) is 2.74. The van der Waals surface area contributed by atoms with Crippen LogP contribution in [0.25, 0.3) is 0 Å². The SMILES string of the molecule is CN(C)CCCCNC(=O)c1c[nH]ccc1=O. The van der Waals surface area contributed by atoms with E-state index >= 15 is 0 Å². The molecule has 94 valence electrons. The minimum Gasteiger partial charge on any atom is -0.367 e. The van der Waals surface area contributed by atoms with Gasteiger partial charge in [-0.25, -0.2) is 0 Å². The summed E-state index contributed by atoms with van der Waals surface area (Å²) in [6.45, 7) is 1.60. The Bertz CT molecular complexity index is 412. The van der Waals surface area contributed by atoms with Gasteiger partial charge < -0.3 is 15.2 Å². The summed E-state index contributed by atoms with van der Waals surface area (Å²) in [6.07, 6.45) is 4.88. The molecule has 0 unspecified atom stereocenters. The molecule has 5 nitrogen and oxygen atoms in total. The van der Waals surface area contributed by atoms with E-state index in [2.05, 4.69) is 15.2 Å². The molecule has 1 aromatic heterocycles. The maximum absolute atomic E-state index is 11.6. The number of aromatic nitrogens is 1. The number of pyridine rings is 1. The van der Waals surface area contributed by atoms with Gasteiger partial charge in [-0.3, -0.25) is 9.59 Å². The number of nitrogens with zero attached hydrogens (tertiary/aromatic N) is 1. The van der Waals surface area contributed by atoms with Crippen molar-refractivity contribution < 1.29 is 4.79 Å². The minimum absolute atomic E-state index is 0.167. The number of hydrogen-bond donors (Lipinski definition) is 2. The number of unbranched alkanes of at least 4 members (excludes halogenated alkanes) is 1. The van der Waals surface area contributed by atoms with Crippen LogP contribution in [0.5, 0.6) is 0 Å². The summed E-state index contributed by atoms with van der Waals surface area (Å²) in [4.78, 5) is 27.8. The molecule has 0 aromatic carbocycles. The van der Waals surface area contributed by atoms with E-state index in [4.69, 9.17) is 0 Å². The van der Waals surface area contributed by atoms with Crippen molar-refractivity contribution in [1.29, 1.82) is 0 Å². The van der Waals surface area contributed by atoms with E-state index < -0.39 is 0 Å². The smallest absolute Gasteiger partial charge is 0.256 e. The standard InChI is InChI=1S/C12H19N3O2/c1-15(2)8-4-3-6-14-12(17)10-9-13-7-5-11(10)16/h5,7,9H,3-4,6,8H2,1-2H3,(H,13,16)(H,14,17). The molecule has 1 heterocycles. The molecule has 2 N–H and O–H groups in total. The molecule has 0 bridgehead atoms. The molecule has 0 aliphatic carbocycles. The summed E-state index contributed by atoms with van der Waals surface area (Å²) in [7, 11) is 4.03. The lowest BCUT2D eigenvalue weighted by molar-refractivity contribution is 0.0951. The van der Waals surface area contributed by atoms with Gasteiger partial charge in [0.15, 0.2) is 5.43 Å². The molecule has 0 saturated carbocycles. The number of aromatic amines is 1. The lowest BCUT2D eigenvalue weighted by atomic mass is 10.2. The van der Waals surface area contributed by atoms with Crippen molar-refractivity contribution in [2.45, 2.75) is 12.8 Å². The van der Waals surface area contributed by atoms with Crippen molar-refractivity contribution >= 4 is 5.91 Å². The first-order chi connectivity index (χ1) is 8.11. The molecule has 0 atom stereocenters. The highest BCUT2D eigenvalue weighted by atomic mass is 16.2. The van der Waals surface area contributed by atoms with Crippen molar-refractivity contribution in [1.82, 2.24) is 15.2 Å². The lowest BCUT2D eigenvalue weighted by Gasteiger charge is -2.09. The van der Waals surface area contributed by atoms with Gasteiger partial charge in [0, 0.05) is 25.0 Å². The van der Waals surface area contributed by atoms with Crippen molar-refractivity contribution in [2.75, 3.05) is 27.2 Å². The fourth-order valence-electron chi connectivity index (χ4n) is 1.44. The summed E-state index contributed by atoms with van der Waals surface area (Å²) in [5.74, 6) is -0.309. The van der Waals surface area contributed by atoms with Gasteiger partial charge in [0.05, 0.1) is 0 Å². The molecule has 0 fully saturated rings. The second-order valence-corrected chi connectivity index (χ2v) is 4.19. The molecule has 0 radical (unpaired) electrons. The van der Waals surface area contributed by atoms with Gasteiger partial charge in [0.1, 0.15) is 5.56 Å². The Balaban J connectivity index is 2.31. The van der Waals surface area contributed by atoms with Crippen LogP contribution in [0.1, 0.15) is 23.2 Å². The number of nitrogens with one attached hydrogen (secondary N) is 2. The van der Waals surface area contributed by atoms with Gasteiger partial charge in [0.2, 0.25) is 0 Å². The second kappa shape index (κ2) is 6.85. The van der Waals surface area contributed by atoms with Crippen LogP contribution in [0, 0.1) is 0 Å². The Kier molecular flexibility index (Phi) is 5.42. The molecule has 1 aromatic rings. The van der Waals surface area contributed by atoms with Gasteiger partial charge in [-0.1, -0.05) is 0 Å². The number of rotatable bonds is 6. The third kappa shape index (κ3) is 4.82. The lowest BCUT2D eigenvalue weighted by Crippen LogP contribution is -2.29. The maximum Gasteiger partial charge on any atom is 0.256 e. The summed E-state index contributed by atoms with van der Waals surface area (Å²) in [6, 6.07) is 1.35. The zero-order chi connectivity index (χ0) is 12.7. The maximum atomic E-state index is 11.6. The summed E-state index contributed by atoms with van der Waals surface area (Å²) >= 11 is 0. The van der Waals surface area contributed by atoms with Crippen LogP contribution in [0.2, 0.25) is 0 Å². The summed E-state index contributed by atoms with van der Waals surface area (Å²) < 4.78 is 0. The van der Waals surface area contributed by atoms with E-state index in [1.165, 1.54) is 18.5 Å². The average molecular weight is 237 g/mol. The highest BCUT2D eigenvalue weighted by molar-refractivity contribution is 5.93. The number of carbonyl (C=O) groups is 1. The quantitative estimate of drug-likeness (QED) is 0.706. The minimum atomic E-state index is -0.309. The average Bonchev–Trinajstić information content (AvgIpc) is 2.28. The first-order valence-corrected chi connectivity index (χ1v) is 5.71. The van der Waals surface area contributed by atoms with Crippen molar-refractivity contribution in [3.63, 3.8) is 0 Å². The molecule has 17 heavy (non-hydrogen) atoms. The highest BCUT2D eigenvalue weighted by Gasteiger charge is 2.07. The molecule has 1 rings (SSSR count). The molecule has 5 heteroatoms. The Hall–Kier alpha value is -1.62. The van der Waals surface area contributed by atoms with E-state index in [1.807, 2.05) is 14.1 Å². The number of carbonyl (C=O) groups excluding carboxylic acids is 1. The van der Waals surface area contributed by atoms with Gasteiger partial charge >= 0.3 is 0 Å². The fraction of sp³-hybridized carbons (Fsp3) is 0.500. The topological polar surface area (TPSA) is 65.2 Å². The van der Waals surface area contributed by atoms with E-state index in [0.717, 1.165) is 19.4 Å². The first kappa shape index (κ1) is 13.4. The van der Waals surface area contributed by atoms with Crippen LogP contribution in [0.3, 0.4) is 0 Å². The van der Waals surface area contributed by atoms with Crippen LogP contribution in [-0.4, -0.2) is 43.0 Å². The third-order valence-corrected chi connectivity index (χ3v) is 2.39. The monoisotopic (exact) mass is 237 g/mol. The Morgan fingerprint density at radius 2 is 2.18 bits per heavy atom.